The molecule has 1 N–H and O–H groups in total. The van der Waals surface area contributed by atoms with E-state index >= 15 is 0 Å². The number of fused-ring (bicyclic) bond motifs is 2. The van der Waals surface area contributed by atoms with Crippen LogP contribution >= 0.6 is 11.6 Å². The highest BCUT2D eigenvalue weighted by molar-refractivity contribution is 6.64. The topological polar surface area (TPSA) is 62.4 Å². The average molecular weight is 1050 g/mol. The lowest BCUT2D eigenvalue weighted by molar-refractivity contribution is -0.125. The van der Waals surface area contributed by atoms with Crippen LogP contribution in [0.3, 0.4) is 0 Å². The summed E-state index contributed by atoms with van der Waals surface area (Å²) in [4.78, 5) is 37.0. The second kappa shape index (κ2) is 26.8. The van der Waals surface area contributed by atoms with Gasteiger partial charge in [0.2, 0.25) is 11.1 Å². The number of halogens is 1. The fourth-order valence-corrected chi connectivity index (χ4v) is 13.6. The molecular weight excluding hydrogens is 968 g/mol. The van der Waals surface area contributed by atoms with E-state index in [2.05, 4.69) is 212 Å². The highest BCUT2D eigenvalue weighted by Crippen LogP contribution is 2.46. The van der Waals surface area contributed by atoms with Gasteiger partial charge in [-0.15, -0.1) is 0 Å². The molecule has 1 amide bonds. The Morgan fingerprint density at radius 2 is 0.883 bits per heavy atom. The van der Waals surface area contributed by atoms with Gasteiger partial charge in [0, 0.05) is 113 Å². The summed E-state index contributed by atoms with van der Waals surface area (Å²) < 4.78 is 0. The molecule has 2 aliphatic carbocycles. The molecule has 77 heavy (non-hydrogen) atoms. The molecule has 2 saturated carbocycles. The standard InChI is InChI=1S/C34H41N3O.C29H35N3.C5H7ClO/c38-33(30-15-10-16-30)37(32-17-8-3-9-18-32)27-34-25-35(21-19-28-11-4-1-5-12-28)22-20-31(34)24-36(26-34)23-29-13-6-2-7-14-29;1-4-10-25(11-5-1)16-18-31-19-17-27-21-32(20-26-12-6-2-7-13-26)24-29(27,23-31)22-30-28-14-8-3-9-15-28;6-5(7)4-2-1-3-4/h1-9,11-14,17-18,30-31H,10,15-16,19-27H2;1-15,27,30H,16-24H2;4H,1-3H2. The molecule has 0 bridgehead atoms. The van der Waals surface area contributed by atoms with E-state index in [-0.39, 0.29) is 22.5 Å². The van der Waals surface area contributed by atoms with E-state index in [4.69, 9.17) is 11.6 Å². The number of amides is 1. The average Bonchev–Trinajstić information content (AvgIpc) is 4.19. The molecule has 0 radical (unpaired) electrons. The van der Waals surface area contributed by atoms with E-state index in [1.54, 1.807) is 0 Å². The van der Waals surface area contributed by atoms with Crippen molar-refractivity contribution in [3.63, 3.8) is 0 Å². The fourth-order valence-electron chi connectivity index (χ4n) is 13.4. The molecule has 0 aromatic heterocycles. The Bertz CT molecular complexity index is 2710. The summed E-state index contributed by atoms with van der Waals surface area (Å²) in [6.07, 6.45) is 11.2. The summed E-state index contributed by atoms with van der Waals surface area (Å²) in [7, 11) is 0. The third-order valence-corrected chi connectivity index (χ3v) is 18.5. The molecular formula is C68H83ClN6O2. The Morgan fingerprint density at radius 3 is 1.32 bits per heavy atom. The first-order valence-electron chi connectivity index (χ1n) is 29.2. The molecule has 4 heterocycles. The van der Waals surface area contributed by atoms with Crippen LogP contribution in [-0.2, 0) is 35.5 Å². The maximum absolute atomic E-state index is 13.8. The monoisotopic (exact) mass is 1050 g/mol. The van der Waals surface area contributed by atoms with Crippen LogP contribution in [0.2, 0.25) is 0 Å². The van der Waals surface area contributed by atoms with Crippen LogP contribution in [0.15, 0.2) is 182 Å². The maximum atomic E-state index is 13.8. The molecule has 9 heteroatoms. The van der Waals surface area contributed by atoms with Crippen LogP contribution < -0.4 is 10.2 Å². The molecule has 6 aromatic rings. The third-order valence-electron chi connectivity index (χ3n) is 18.2. The van der Waals surface area contributed by atoms with Crippen molar-refractivity contribution in [3.05, 3.63) is 204 Å². The molecule has 404 valence electrons. The number of hydrogen-bond donors (Lipinski definition) is 1. The van der Waals surface area contributed by atoms with Crippen molar-refractivity contribution in [1.29, 1.82) is 0 Å². The molecule has 6 aliphatic rings. The lowest BCUT2D eigenvalue weighted by Gasteiger charge is -2.47. The van der Waals surface area contributed by atoms with Gasteiger partial charge in [0.1, 0.15) is 0 Å². The van der Waals surface area contributed by atoms with Gasteiger partial charge in [-0.25, -0.2) is 0 Å². The molecule has 12 rings (SSSR count). The zero-order chi connectivity index (χ0) is 52.7. The van der Waals surface area contributed by atoms with Crippen molar-refractivity contribution in [3.8, 4) is 0 Å². The Morgan fingerprint density at radius 1 is 0.481 bits per heavy atom. The highest BCUT2D eigenvalue weighted by Gasteiger charge is 2.52. The number of likely N-dealkylation sites (tertiary alicyclic amines) is 4. The Balaban J connectivity index is 0.000000157. The van der Waals surface area contributed by atoms with E-state index in [1.165, 1.54) is 79.8 Å². The summed E-state index contributed by atoms with van der Waals surface area (Å²) in [5.41, 5.74) is 8.36. The van der Waals surface area contributed by atoms with E-state index in [9.17, 15) is 9.59 Å². The maximum Gasteiger partial charge on any atom is 0.230 e. The molecule has 4 unspecified atom stereocenters. The number of hydrogen-bond acceptors (Lipinski definition) is 7. The quantitative estimate of drug-likeness (QED) is 0.0861. The number of nitrogens with one attached hydrogen (secondary N) is 1. The van der Waals surface area contributed by atoms with Crippen molar-refractivity contribution < 1.29 is 9.59 Å². The first-order chi connectivity index (χ1) is 37.8. The first-order valence-corrected chi connectivity index (χ1v) is 29.6. The zero-order valence-corrected chi connectivity index (χ0v) is 46.3. The number of nitrogens with zero attached hydrogens (tertiary/aromatic N) is 5. The van der Waals surface area contributed by atoms with Gasteiger partial charge in [-0.1, -0.05) is 171 Å². The number of carbonyl (C=O) groups excluding carboxylic acids is 2. The van der Waals surface area contributed by atoms with Gasteiger partial charge in [-0.3, -0.25) is 19.4 Å². The third kappa shape index (κ3) is 14.8. The van der Waals surface area contributed by atoms with Crippen molar-refractivity contribution >= 4 is 34.1 Å². The smallest absolute Gasteiger partial charge is 0.230 e. The van der Waals surface area contributed by atoms with Crippen LogP contribution in [0.1, 0.15) is 73.6 Å². The zero-order valence-electron chi connectivity index (χ0n) is 45.5. The van der Waals surface area contributed by atoms with Crippen molar-refractivity contribution in [2.24, 2.45) is 34.5 Å². The number of rotatable bonds is 18. The molecule has 4 atom stereocenters. The lowest BCUT2D eigenvalue weighted by atomic mass is 9.72. The predicted molar refractivity (Wildman–Crippen MR) is 317 cm³/mol. The normalized spacial score (nSPS) is 23.6. The Hall–Kier alpha value is -5.61. The van der Waals surface area contributed by atoms with Gasteiger partial charge in [0.25, 0.3) is 0 Å². The minimum atomic E-state index is -0.147. The summed E-state index contributed by atoms with van der Waals surface area (Å²) in [6.45, 7) is 15.4. The molecule has 6 aromatic carbocycles. The SMILES string of the molecule is O=C(C1CCC1)N(CC12CN(CCc3ccccc3)CCC1CN(Cc1ccccc1)C2)c1ccccc1.O=C(Cl)C1CCC1.c1ccc(CCN2CCC3CN(Cc4ccccc4)CC3(CNc3ccccc3)C2)cc1. The van der Waals surface area contributed by atoms with Gasteiger partial charge in [0.05, 0.1) is 0 Å². The van der Waals surface area contributed by atoms with E-state index in [0.29, 0.717) is 17.2 Å². The van der Waals surface area contributed by atoms with Gasteiger partial charge in [0.15, 0.2) is 0 Å². The summed E-state index contributed by atoms with van der Waals surface area (Å²) in [5, 5.41) is 3.65. The fraction of sp³-hybridized carbons (Fsp3) is 0.441. The second-order valence-corrected chi connectivity index (χ2v) is 23.9. The second-order valence-electron chi connectivity index (χ2n) is 23.6. The molecule has 0 spiro atoms. The predicted octanol–water partition coefficient (Wildman–Crippen LogP) is 12.6. The van der Waals surface area contributed by atoms with Crippen molar-refractivity contribution in [2.45, 2.75) is 77.3 Å². The van der Waals surface area contributed by atoms with Crippen LogP contribution in [0, 0.1) is 34.5 Å². The number of anilines is 2. The number of benzene rings is 6. The number of piperidine rings is 2. The summed E-state index contributed by atoms with van der Waals surface area (Å²) >= 11 is 5.14. The van der Waals surface area contributed by atoms with E-state index in [0.717, 1.165) is 116 Å². The Labute approximate surface area is 465 Å². The van der Waals surface area contributed by atoms with Crippen LogP contribution in [-0.4, -0.2) is 109 Å². The molecule has 8 nitrogen and oxygen atoms in total. The molecule has 4 saturated heterocycles. The van der Waals surface area contributed by atoms with Gasteiger partial charge in [-0.05, 0) is 134 Å². The first kappa shape index (κ1) is 54.7. The van der Waals surface area contributed by atoms with Gasteiger partial charge < -0.3 is 20.0 Å². The van der Waals surface area contributed by atoms with Crippen molar-refractivity contribution in [2.75, 3.05) is 88.8 Å². The Kier molecular flexibility index (Phi) is 19.1. The van der Waals surface area contributed by atoms with E-state index < -0.39 is 0 Å². The van der Waals surface area contributed by atoms with Crippen LogP contribution in [0.5, 0.6) is 0 Å². The minimum absolute atomic E-state index is 0.0823. The lowest BCUT2D eigenvalue weighted by Crippen LogP contribution is -2.56. The minimum Gasteiger partial charge on any atom is -0.384 e. The van der Waals surface area contributed by atoms with Crippen molar-refractivity contribution in [1.82, 2.24) is 19.6 Å². The van der Waals surface area contributed by atoms with Gasteiger partial charge >= 0.3 is 0 Å². The van der Waals surface area contributed by atoms with Gasteiger partial charge in [-0.2, -0.15) is 0 Å². The number of carbonyl (C=O) groups is 2. The summed E-state index contributed by atoms with van der Waals surface area (Å²) in [6, 6.07) is 64.9. The number of para-hydroxylation sites is 2. The van der Waals surface area contributed by atoms with Crippen LogP contribution in [0.4, 0.5) is 11.4 Å². The van der Waals surface area contributed by atoms with Crippen LogP contribution in [0.25, 0.3) is 0 Å². The summed E-state index contributed by atoms with van der Waals surface area (Å²) in [5.74, 6) is 2.12. The highest BCUT2D eigenvalue weighted by atomic mass is 35.5. The largest absolute Gasteiger partial charge is 0.384 e. The molecule has 6 fully saturated rings. The molecule has 4 aliphatic heterocycles. The van der Waals surface area contributed by atoms with E-state index in [1.807, 2.05) is 0 Å².